The zero-order chi connectivity index (χ0) is 17.5. The fourth-order valence-corrected chi connectivity index (χ4v) is 2.23. The Morgan fingerprint density at radius 2 is 2.00 bits per heavy atom. The number of carbonyl (C=O) groups is 2. The molecule has 0 fully saturated rings. The van der Waals surface area contributed by atoms with Crippen molar-refractivity contribution in [3.63, 3.8) is 0 Å². The molecule has 1 atom stereocenters. The summed E-state index contributed by atoms with van der Waals surface area (Å²) in [6, 6.07) is 7.36. The SMILES string of the molecule is CCOCc1c(C(=O)OCC(=O)NC(C)CC)oc2ccccc12. The molecule has 1 unspecified atom stereocenters. The molecule has 0 spiro atoms. The molecule has 1 N–H and O–H groups in total. The average molecular weight is 333 g/mol. The molecule has 1 amide bonds. The number of ether oxygens (including phenoxy) is 2. The van der Waals surface area contributed by atoms with E-state index in [0.29, 0.717) is 17.8 Å². The Labute approximate surface area is 141 Å². The van der Waals surface area contributed by atoms with Gasteiger partial charge in [0, 0.05) is 23.6 Å². The third-order valence-corrected chi connectivity index (χ3v) is 3.69. The van der Waals surface area contributed by atoms with Gasteiger partial charge < -0.3 is 19.2 Å². The van der Waals surface area contributed by atoms with Crippen LogP contribution in [0.3, 0.4) is 0 Å². The van der Waals surface area contributed by atoms with E-state index in [1.54, 1.807) is 6.07 Å². The molecule has 0 aliphatic heterocycles. The van der Waals surface area contributed by atoms with Crippen molar-refractivity contribution in [2.24, 2.45) is 0 Å². The molecule has 0 radical (unpaired) electrons. The maximum absolute atomic E-state index is 12.3. The fourth-order valence-electron chi connectivity index (χ4n) is 2.23. The van der Waals surface area contributed by atoms with E-state index < -0.39 is 5.97 Å². The Hall–Kier alpha value is -2.34. The van der Waals surface area contributed by atoms with Crippen LogP contribution in [0.1, 0.15) is 43.3 Å². The number of furan rings is 1. The zero-order valence-electron chi connectivity index (χ0n) is 14.3. The lowest BCUT2D eigenvalue weighted by molar-refractivity contribution is -0.124. The highest BCUT2D eigenvalue weighted by molar-refractivity contribution is 5.96. The maximum atomic E-state index is 12.3. The molecule has 1 aromatic carbocycles. The zero-order valence-corrected chi connectivity index (χ0v) is 14.3. The van der Waals surface area contributed by atoms with Crippen LogP contribution in [0.5, 0.6) is 0 Å². The summed E-state index contributed by atoms with van der Waals surface area (Å²) in [6.45, 7) is 6.15. The number of esters is 1. The lowest BCUT2D eigenvalue weighted by Gasteiger charge is -2.11. The van der Waals surface area contributed by atoms with Crippen LogP contribution < -0.4 is 5.32 Å². The molecule has 1 heterocycles. The van der Waals surface area contributed by atoms with Gasteiger partial charge in [-0.1, -0.05) is 25.1 Å². The van der Waals surface area contributed by atoms with Crippen LogP contribution in [0.25, 0.3) is 11.0 Å². The van der Waals surface area contributed by atoms with Gasteiger partial charge in [-0.3, -0.25) is 4.79 Å². The van der Waals surface area contributed by atoms with Crippen LogP contribution in [0.2, 0.25) is 0 Å². The number of benzene rings is 1. The Balaban J connectivity index is 2.12. The number of amides is 1. The second kappa shape index (κ2) is 8.49. The van der Waals surface area contributed by atoms with Crippen LogP contribution in [0, 0.1) is 0 Å². The van der Waals surface area contributed by atoms with Gasteiger partial charge >= 0.3 is 5.97 Å². The number of nitrogens with one attached hydrogen (secondary N) is 1. The Kier molecular flexibility index (Phi) is 6.37. The van der Waals surface area contributed by atoms with Crippen LogP contribution >= 0.6 is 0 Å². The third kappa shape index (κ3) is 4.35. The standard InChI is InChI=1S/C18H23NO5/c1-4-12(3)19-16(20)11-23-18(21)17-14(10-22-5-2)13-8-6-7-9-15(13)24-17/h6-9,12H,4-5,10-11H2,1-3H3,(H,19,20). The molecule has 0 aliphatic rings. The van der Waals surface area contributed by atoms with Crippen molar-refractivity contribution in [1.82, 2.24) is 5.32 Å². The van der Waals surface area contributed by atoms with Crippen LogP contribution in [0.15, 0.2) is 28.7 Å². The van der Waals surface area contributed by atoms with Gasteiger partial charge in [-0.15, -0.1) is 0 Å². The number of carbonyl (C=O) groups excluding carboxylic acids is 2. The van der Waals surface area contributed by atoms with Gasteiger partial charge in [-0.25, -0.2) is 4.79 Å². The van der Waals surface area contributed by atoms with Crippen molar-refractivity contribution >= 4 is 22.8 Å². The quantitative estimate of drug-likeness (QED) is 0.751. The summed E-state index contributed by atoms with van der Waals surface area (Å²) in [5.41, 5.74) is 1.22. The van der Waals surface area contributed by atoms with E-state index in [1.807, 2.05) is 39.0 Å². The Bertz CT molecular complexity index is 706. The number of hydrogen-bond acceptors (Lipinski definition) is 5. The van der Waals surface area contributed by atoms with E-state index in [9.17, 15) is 9.59 Å². The topological polar surface area (TPSA) is 77.8 Å². The molecule has 1 aromatic heterocycles. The van der Waals surface area contributed by atoms with Gasteiger partial charge in [-0.05, 0) is 26.3 Å². The minimum absolute atomic E-state index is 0.0379. The highest BCUT2D eigenvalue weighted by Gasteiger charge is 2.22. The smallest absolute Gasteiger partial charge is 0.375 e. The highest BCUT2D eigenvalue weighted by Crippen LogP contribution is 2.27. The van der Waals surface area contributed by atoms with E-state index in [-0.39, 0.29) is 30.9 Å². The first-order valence-corrected chi connectivity index (χ1v) is 8.11. The van der Waals surface area contributed by atoms with Gasteiger partial charge in [0.1, 0.15) is 5.58 Å². The van der Waals surface area contributed by atoms with Crippen molar-refractivity contribution < 1.29 is 23.5 Å². The lowest BCUT2D eigenvalue weighted by Crippen LogP contribution is -2.35. The van der Waals surface area contributed by atoms with Crippen LogP contribution in [0.4, 0.5) is 0 Å². The third-order valence-electron chi connectivity index (χ3n) is 3.69. The minimum atomic E-state index is -0.666. The summed E-state index contributed by atoms with van der Waals surface area (Å²) in [6.07, 6.45) is 0.807. The minimum Gasteiger partial charge on any atom is -0.450 e. The molecule has 6 heteroatoms. The lowest BCUT2D eigenvalue weighted by atomic mass is 10.1. The molecule has 0 aliphatic carbocycles. The van der Waals surface area contributed by atoms with E-state index in [0.717, 1.165) is 11.8 Å². The maximum Gasteiger partial charge on any atom is 0.375 e. The fraction of sp³-hybridized carbons (Fsp3) is 0.444. The number of hydrogen-bond donors (Lipinski definition) is 1. The molecule has 0 saturated heterocycles. The Morgan fingerprint density at radius 3 is 2.71 bits per heavy atom. The van der Waals surface area contributed by atoms with E-state index in [1.165, 1.54) is 0 Å². The van der Waals surface area contributed by atoms with Gasteiger partial charge in [0.25, 0.3) is 5.91 Å². The van der Waals surface area contributed by atoms with E-state index >= 15 is 0 Å². The van der Waals surface area contributed by atoms with Crippen molar-refractivity contribution in [3.8, 4) is 0 Å². The van der Waals surface area contributed by atoms with Crippen molar-refractivity contribution in [2.75, 3.05) is 13.2 Å². The summed E-state index contributed by atoms with van der Waals surface area (Å²) >= 11 is 0. The van der Waals surface area contributed by atoms with Gasteiger partial charge in [0.2, 0.25) is 5.76 Å². The molecule has 6 nitrogen and oxygen atoms in total. The number of fused-ring (bicyclic) bond motifs is 1. The first kappa shape index (κ1) is 18.0. The number of para-hydroxylation sites is 1. The molecule has 0 saturated carbocycles. The van der Waals surface area contributed by atoms with Gasteiger partial charge in [0.05, 0.1) is 6.61 Å². The summed E-state index contributed by atoms with van der Waals surface area (Å²) < 4.78 is 16.1. The van der Waals surface area contributed by atoms with Crippen molar-refractivity contribution in [2.45, 2.75) is 39.8 Å². The van der Waals surface area contributed by atoms with E-state index in [2.05, 4.69) is 5.32 Å². The largest absolute Gasteiger partial charge is 0.450 e. The molecule has 0 bridgehead atoms. The normalized spacial score (nSPS) is 12.1. The molecule has 24 heavy (non-hydrogen) atoms. The Morgan fingerprint density at radius 1 is 1.25 bits per heavy atom. The summed E-state index contributed by atoms with van der Waals surface area (Å²) in [7, 11) is 0. The summed E-state index contributed by atoms with van der Waals surface area (Å²) in [4.78, 5) is 24.0. The molecular weight excluding hydrogens is 310 g/mol. The molecule has 2 aromatic rings. The second-order valence-electron chi connectivity index (χ2n) is 5.50. The van der Waals surface area contributed by atoms with Crippen molar-refractivity contribution in [3.05, 3.63) is 35.6 Å². The first-order valence-electron chi connectivity index (χ1n) is 8.11. The predicted octanol–water partition coefficient (Wildman–Crippen LogP) is 3.04. The van der Waals surface area contributed by atoms with Gasteiger partial charge in [-0.2, -0.15) is 0 Å². The molecule has 2 rings (SSSR count). The first-order chi connectivity index (χ1) is 11.6. The molecule has 130 valence electrons. The predicted molar refractivity (Wildman–Crippen MR) is 89.7 cm³/mol. The molecular formula is C18H23NO5. The summed E-state index contributed by atoms with van der Waals surface area (Å²) in [5, 5.41) is 3.55. The monoisotopic (exact) mass is 333 g/mol. The average Bonchev–Trinajstić information content (AvgIpc) is 2.96. The van der Waals surface area contributed by atoms with Crippen molar-refractivity contribution in [1.29, 1.82) is 0 Å². The second-order valence-corrected chi connectivity index (χ2v) is 5.50. The van der Waals surface area contributed by atoms with Gasteiger partial charge in [0.15, 0.2) is 6.61 Å². The number of rotatable bonds is 8. The van der Waals surface area contributed by atoms with Crippen LogP contribution in [-0.2, 0) is 20.9 Å². The summed E-state index contributed by atoms with van der Waals surface area (Å²) in [5.74, 6) is -0.915. The van der Waals surface area contributed by atoms with E-state index in [4.69, 9.17) is 13.9 Å². The van der Waals surface area contributed by atoms with Crippen LogP contribution in [-0.4, -0.2) is 31.1 Å². The highest BCUT2D eigenvalue weighted by atomic mass is 16.5.